The van der Waals surface area contributed by atoms with Crippen molar-refractivity contribution in [1.29, 1.82) is 0 Å². The Balaban J connectivity index is 1.41. The standard InChI is InChI=1S/C26H23Cl3N2O2/c27-19-9-10-24(20(15-19)25(32)17-5-2-1-3-6-17)30-26(33)18-11-13-31(14-12-18)16-21-22(28)7-4-8-23(21)29/h1-10,15,18H,11-14,16H2,(H,30,33). The van der Waals surface area contributed by atoms with Gasteiger partial charge in [-0.1, -0.05) is 71.2 Å². The van der Waals surface area contributed by atoms with Gasteiger partial charge in [0.05, 0.1) is 5.69 Å². The van der Waals surface area contributed by atoms with E-state index in [1.807, 2.05) is 24.3 Å². The SMILES string of the molecule is O=C(c1ccccc1)c1cc(Cl)ccc1NC(=O)C1CCN(Cc2c(Cl)cccc2Cl)CC1. The van der Waals surface area contributed by atoms with E-state index in [4.69, 9.17) is 34.8 Å². The van der Waals surface area contributed by atoms with Crippen molar-refractivity contribution in [3.8, 4) is 0 Å². The highest BCUT2D eigenvalue weighted by molar-refractivity contribution is 6.36. The molecule has 3 aromatic carbocycles. The van der Waals surface area contributed by atoms with Crippen molar-refractivity contribution in [2.24, 2.45) is 5.92 Å². The van der Waals surface area contributed by atoms with Crippen LogP contribution in [-0.4, -0.2) is 29.7 Å². The molecule has 7 heteroatoms. The van der Waals surface area contributed by atoms with Crippen LogP contribution >= 0.6 is 34.8 Å². The lowest BCUT2D eigenvalue weighted by molar-refractivity contribution is -0.121. The quantitative estimate of drug-likeness (QED) is 0.381. The first-order valence-electron chi connectivity index (χ1n) is 10.8. The fourth-order valence-corrected chi connectivity index (χ4v) is 4.74. The lowest BCUT2D eigenvalue weighted by atomic mass is 9.95. The van der Waals surface area contributed by atoms with Crippen LogP contribution in [0.2, 0.25) is 15.1 Å². The normalized spacial score (nSPS) is 14.8. The van der Waals surface area contributed by atoms with Crippen LogP contribution in [-0.2, 0) is 11.3 Å². The molecule has 0 unspecified atom stereocenters. The van der Waals surface area contributed by atoms with Gasteiger partial charge in [0.1, 0.15) is 0 Å². The summed E-state index contributed by atoms with van der Waals surface area (Å²) >= 11 is 18.8. The first-order valence-corrected chi connectivity index (χ1v) is 11.9. The first kappa shape index (κ1) is 23.8. The van der Waals surface area contributed by atoms with Crippen molar-refractivity contribution in [1.82, 2.24) is 4.90 Å². The van der Waals surface area contributed by atoms with E-state index >= 15 is 0 Å². The summed E-state index contributed by atoms with van der Waals surface area (Å²) in [5, 5.41) is 4.71. The van der Waals surface area contributed by atoms with Gasteiger partial charge in [0.25, 0.3) is 0 Å². The molecule has 4 rings (SSSR count). The molecule has 0 atom stereocenters. The molecular weight excluding hydrogens is 479 g/mol. The molecule has 0 saturated carbocycles. The van der Waals surface area contributed by atoms with Gasteiger partial charge < -0.3 is 5.32 Å². The number of nitrogens with zero attached hydrogens (tertiary/aromatic N) is 1. The monoisotopic (exact) mass is 500 g/mol. The van der Waals surface area contributed by atoms with E-state index < -0.39 is 0 Å². The minimum atomic E-state index is -0.181. The summed E-state index contributed by atoms with van der Waals surface area (Å²) < 4.78 is 0. The van der Waals surface area contributed by atoms with E-state index in [1.54, 1.807) is 42.5 Å². The average Bonchev–Trinajstić information content (AvgIpc) is 2.83. The number of amides is 1. The lowest BCUT2D eigenvalue weighted by Gasteiger charge is -2.31. The molecule has 1 amide bonds. The number of benzene rings is 3. The van der Waals surface area contributed by atoms with Crippen LogP contribution in [0.4, 0.5) is 5.69 Å². The van der Waals surface area contributed by atoms with E-state index in [-0.39, 0.29) is 17.6 Å². The molecular formula is C26H23Cl3N2O2. The Hall–Kier alpha value is -2.37. The van der Waals surface area contributed by atoms with Crippen LogP contribution in [0.5, 0.6) is 0 Å². The summed E-state index contributed by atoms with van der Waals surface area (Å²) in [6, 6.07) is 19.4. The molecule has 1 aliphatic heterocycles. The Labute approximate surface area is 208 Å². The summed E-state index contributed by atoms with van der Waals surface area (Å²) in [7, 11) is 0. The van der Waals surface area contributed by atoms with Crippen LogP contribution in [0, 0.1) is 5.92 Å². The van der Waals surface area contributed by atoms with Crippen LogP contribution in [0.3, 0.4) is 0 Å². The number of rotatable bonds is 6. The minimum absolute atomic E-state index is 0.0881. The highest BCUT2D eigenvalue weighted by Gasteiger charge is 2.27. The van der Waals surface area contributed by atoms with Crippen molar-refractivity contribution in [3.63, 3.8) is 0 Å². The van der Waals surface area contributed by atoms with Crippen LogP contribution < -0.4 is 5.32 Å². The molecule has 1 heterocycles. The number of hydrogen-bond donors (Lipinski definition) is 1. The Bertz CT molecular complexity index is 1140. The molecule has 4 nitrogen and oxygen atoms in total. The zero-order valence-corrected chi connectivity index (χ0v) is 20.1. The Morgan fingerprint density at radius 2 is 1.55 bits per heavy atom. The van der Waals surface area contributed by atoms with Gasteiger partial charge in [-0.25, -0.2) is 0 Å². The number of ketones is 1. The maximum atomic E-state index is 13.0. The fourth-order valence-electron chi connectivity index (χ4n) is 4.05. The smallest absolute Gasteiger partial charge is 0.227 e. The number of halogens is 3. The predicted octanol–water partition coefficient (Wildman–Crippen LogP) is 6.73. The van der Waals surface area contributed by atoms with Crippen LogP contribution in [0.25, 0.3) is 0 Å². The van der Waals surface area contributed by atoms with E-state index in [2.05, 4.69) is 10.2 Å². The Kier molecular flexibility index (Phi) is 7.71. The van der Waals surface area contributed by atoms with Gasteiger partial charge in [0.15, 0.2) is 5.78 Å². The number of carbonyl (C=O) groups excluding carboxylic acids is 2. The molecule has 0 aromatic heterocycles. The third-order valence-electron chi connectivity index (χ3n) is 5.92. The van der Waals surface area contributed by atoms with E-state index in [0.29, 0.717) is 51.3 Å². The Morgan fingerprint density at radius 1 is 0.879 bits per heavy atom. The largest absolute Gasteiger partial charge is 0.325 e. The number of hydrogen-bond acceptors (Lipinski definition) is 3. The number of anilines is 1. The van der Waals surface area contributed by atoms with Gasteiger partial charge in [0, 0.05) is 44.2 Å². The summed E-state index contributed by atoms with van der Waals surface area (Å²) in [5.41, 5.74) is 2.31. The van der Waals surface area contributed by atoms with Gasteiger partial charge in [-0.05, 0) is 56.3 Å². The molecule has 33 heavy (non-hydrogen) atoms. The second-order valence-corrected chi connectivity index (χ2v) is 9.38. The number of likely N-dealkylation sites (tertiary alicyclic amines) is 1. The van der Waals surface area contributed by atoms with Crippen molar-refractivity contribution in [3.05, 3.63) is 98.5 Å². The third-order valence-corrected chi connectivity index (χ3v) is 6.87. The molecule has 0 radical (unpaired) electrons. The lowest BCUT2D eigenvalue weighted by Crippen LogP contribution is -2.38. The maximum absolute atomic E-state index is 13.0. The van der Waals surface area contributed by atoms with Gasteiger partial charge in [-0.15, -0.1) is 0 Å². The second-order valence-electron chi connectivity index (χ2n) is 8.12. The number of carbonyl (C=O) groups is 2. The third kappa shape index (κ3) is 5.77. The molecule has 1 saturated heterocycles. The second kappa shape index (κ2) is 10.7. The van der Waals surface area contributed by atoms with Gasteiger partial charge in [-0.3, -0.25) is 14.5 Å². The summed E-state index contributed by atoms with van der Waals surface area (Å²) in [6.45, 7) is 2.17. The molecule has 3 aromatic rings. The summed E-state index contributed by atoms with van der Waals surface area (Å²) in [4.78, 5) is 28.3. The van der Waals surface area contributed by atoms with Gasteiger partial charge in [0.2, 0.25) is 5.91 Å². The maximum Gasteiger partial charge on any atom is 0.227 e. The fraction of sp³-hybridized carbons (Fsp3) is 0.231. The molecule has 0 bridgehead atoms. The summed E-state index contributed by atoms with van der Waals surface area (Å²) in [5.74, 6) is -0.409. The zero-order valence-electron chi connectivity index (χ0n) is 17.9. The van der Waals surface area contributed by atoms with Crippen LogP contribution in [0.15, 0.2) is 66.7 Å². The van der Waals surface area contributed by atoms with E-state index in [0.717, 1.165) is 18.7 Å². The topological polar surface area (TPSA) is 49.4 Å². The first-order chi connectivity index (χ1) is 15.9. The van der Waals surface area contributed by atoms with E-state index in [9.17, 15) is 9.59 Å². The molecule has 0 spiro atoms. The zero-order chi connectivity index (χ0) is 23.4. The summed E-state index contributed by atoms with van der Waals surface area (Å²) in [6.07, 6.45) is 1.42. The molecule has 1 N–H and O–H groups in total. The molecule has 1 fully saturated rings. The highest BCUT2D eigenvalue weighted by atomic mass is 35.5. The van der Waals surface area contributed by atoms with Gasteiger partial charge >= 0.3 is 0 Å². The predicted molar refractivity (Wildman–Crippen MR) is 134 cm³/mol. The van der Waals surface area contributed by atoms with E-state index in [1.165, 1.54) is 0 Å². The van der Waals surface area contributed by atoms with Crippen molar-refractivity contribution < 1.29 is 9.59 Å². The highest BCUT2D eigenvalue weighted by Crippen LogP contribution is 2.29. The Morgan fingerprint density at radius 3 is 2.21 bits per heavy atom. The molecule has 1 aliphatic rings. The molecule has 170 valence electrons. The van der Waals surface area contributed by atoms with Crippen molar-refractivity contribution in [2.75, 3.05) is 18.4 Å². The van der Waals surface area contributed by atoms with Gasteiger partial charge in [-0.2, -0.15) is 0 Å². The minimum Gasteiger partial charge on any atom is -0.325 e. The average molecular weight is 502 g/mol. The molecule has 0 aliphatic carbocycles. The number of piperidine rings is 1. The van der Waals surface area contributed by atoms with Crippen molar-refractivity contribution in [2.45, 2.75) is 19.4 Å². The van der Waals surface area contributed by atoms with Crippen molar-refractivity contribution >= 4 is 52.2 Å². The number of nitrogens with one attached hydrogen (secondary N) is 1. The van der Waals surface area contributed by atoms with Crippen LogP contribution in [0.1, 0.15) is 34.3 Å².